The Hall–Kier alpha value is -1.86. The number of aryl methyl sites for hydroxylation is 2. The van der Waals surface area contributed by atoms with Gasteiger partial charge >= 0.3 is 6.03 Å². The van der Waals surface area contributed by atoms with E-state index in [0.717, 1.165) is 10.6 Å². The number of carbonyl (C=O) groups excluding carboxylic acids is 1. The molecule has 3 N–H and O–H groups in total. The van der Waals surface area contributed by atoms with E-state index in [1.807, 2.05) is 31.4 Å². The first-order valence-electron chi connectivity index (χ1n) is 7.25. The number of nitrogens with zero attached hydrogens (tertiary/aromatic N) is 1. The molecule has 22 heavy (non-hydrogen) atoms. The molecule has 2 heterocycles. The van der Waals surface area contributed by atoms with Gasteiger partial charge < -0.3 is 20.3 Å². The molecule has 0 radical (unpaired) electrons. The molecule has 7 heteroatoms. The molecule has 6 nitrogen and oxygen atoms in total. The minimum absolute atomic E-state index is 0.164. The summed E-state index contributed by atoms with van der Waals surface area (Å²) in [7, 11) is 0. The smallest absolute Gasteiger partial charge is 0.319 e. The summed E-state index contributed by atoms with van der Waals surface area (Å²) in [6.45, 7) is 5.56. The van der Waals surface area contributed by atoms with Crippen molar-refractivity contribution in [2.75, 3.05) is 5.32 Å². The van der Waals surface area contributed by atoms with Crippen molar-refractivity contribution in [1.82, 2.24) is 10.5 Å². The molecule has 2 unspecified atom stereocenters. The molecule has 0 aliphatic rings. The fraction of sp³-hybridized carbons (Fsp3) is 0.467. The van der Waals surface area contributed by atoms with E-state index in [1.165, 1.54) is 11.3 Å². The Bertz CT molecular complexity index is 610. The highest BCUT2D eigenvalue weighted by molar-refractivity contribution is 7.10. The maximum atomic E-state index is 12.0. The Labute approximate surface area is 133 Å². The first-order valence-corrected chi connectivity index (χ1v) is 8.13. The van der Waals surface area contributed by atoms with Crippen molar-refractivity contribution in [2.45, 2.75) is 45.8 Å². The van der Waals surface area contributed by atoms with Crippen LogP contribution in [-0.2, 0) is 6.42 Å². The Morgan fingerprint density at radius 2 is 2.32 bits per heavy atom. The molecule has 0 spiro atoms. The standard InChI is InChI=1S/C15H21N3O3S/c1-4-11-14(10(3)21-18-11)17-15(20)16-9(2)8-12(19)13-6-5-7-22-13/h5-7,9,12,19H,4,8H2,1-3H3,(H2,16,17,20). The van der Waals surface area contributed by atoms with E-state index < -0.39 is 6.10 Å². The van der Waals surface area contributed by atoms with Crippen LogP contribution in [0.3, 0.4) is 0 Å². The monoisotopic (exact) mass is 323 g/mol. The number of anilines is 1. The van der Waals surface area contributed by atoms with Gasteiger partial charge in [-0.2, -0.15) is 0 Å². The summed E-state index contributed by atoms with van der Waals surface area (Å²) < 4.78 is 5.07. The average molecular weight is 323 g/mol. The number of carbonyl (C=O) groups is 1. The number of hydrogen-bond acceptors (Lipinski definition) is 5. The Balaban J connectivity index is 1.87. The summed E-state index contributed by atoms with van der Waals surface area (Å²) in [6.07, 6.45) is 0.565. The van der Waals surface area contributed by atoms with Crippen molar-refractivity contribution in [2.24, 2.45) is 0 Å². The third-order valence-electron chi connectivity index (χ3n) is 3.33. The SMILES string of the molecule is CCc1noc(C)c1NC(=O)NC(C)CC(O)c1cccs1. The number of amides is 2. The number of thiophene rings is 1. The van der Waals surface area contributed by atoms with Crippen molar-refractivity contribution in [3.63, 3.8) is 0 Å². The molecular weight excluding hydrogens is 302 g/mol. The van der Waals surface area contributed by atoms with Gasteiger partial charge in [0.2, 0.25) is 0 Å². The van der Waals surface area contributed by atoms with E-state index in [2.05, 4.69) is 15.8 Å². The summed E-state index contributed by atoms with van der Waals surface area (Å²) >= 11 is 1.50. The van der Waals surface area contributed by atoms with Crippen LogP contribution >= 0.6 is 11.3 Å². The van der Waals surface area contributed by atoms with E-state index in [4.69, 9.17) is 4.52 Å². The Morgan fingerprint density at radius 3 is 2.95 bits per heavy atom. The molecule has 0 bridgehead atoms. The van der Waals surface area contributed by atoms with Crippen LogP contribution in [0.5, 0.6) is 0 Å². The van der Waals surface area contributed by atoms with E-state index in [1.54, 1.807) is 6.92 Å². The lowest BCUT2D eigenvalue weighted by Gasteiger charge is -2.17. The molecule has 2 amide bonds. The molecule has 0 aliphatic heterocycles. The normalized spacial score (nSPS) is 13.6. The summed E-state index contributed by atoms with van der Waals surface area (Å²) in [5.41, 5.74) is 1.34. The van der Waals surface area contributed by atoms with Gasteiger partial charge in [-0.3, -0.25) is 0 Å². The van der Waals surface area contributed by atoms with Crippen LogP contribution in [0.1, 0.15) is 42.7 Å². The number of urea groups is 1. The third-order valence-corrected chi connectivity index (χ3v) is 4.31. The van der Waals surface area contributed by atoms with E-state index in [0.29, 0.717) is 24.3 Å². The first kappa shape index (κ1) is 16.5. The van der Waals surface area contributed by atoms with Crippen molar-refractivity contribution in [3.05, 3.63) is 33.8 Å². The number of hydrogen-bond donors (Lipinski definition) is 3. The van der Waals surface area contributed by atoms with Crippen LogP contribution in [0, 0.1) is 6.92 Å². The fourth-order valence-corrected chi connectivity index (χ4v) is 2.91. The Morgan fingerprint density at radius 1 is 1.55 bits per heavy atom. The second kappa shape index (κ2) is 7.42. The largest absolute Gasteiger partial charge is 0.387 e. The predicted molar refractivity (Wildman–Crippen MR) is 86.1 cm³/mol. The number of nitrogens with one attached hydrogen (secondary N) is 2. The van der Waals surface area contributed by atoms with E-state index in [9.17, 15) is 9.90 Å². The molecule has 2 rings (SSSR count). The highest BCUT2D eigenvalue weighted by Crippen LogP contribution is 2.23. The van der Waals surface area contributed by atoms with E-state index >= 15 is 0 Å². The zero-order valence-corrected chi connectivity index (χ0v) is 13.7. The Kier molecular flexibility index (Phi) is 5.57. The van der Waals surface area contributed by atoms with Gasteiger partial charge in [-0.25, -0.2) is 4.79 Å². The van der Waals surface area contributed by atoms with Gasteiger partial charge in [-0.15, -0.1) is 11.3 Å². The molecule has 0 aliphatic carbocycles. The van der Waals surface area contributed by atoms with Crippen molar-refractivity contribution < 1.29 is 14.4 Å². The lowest BCUT2D eigenvalue weighted by Crippen LogP contribution is -2.37. The number of aromatic nitrogens is 1. The van der Waals surface area contributed by atoms with Crippen LogP contribution in [0.2, 0.25) is 0 Å². The van der Waals surface area contributed by atoms with Crippen LogP contribution in [0.15, 0.2) is 22.0 Å². The van der Waals surface area contributed by atoms with Gasteiger partial charge in [0.25, 0.3) is 0 Å². The van der Waals surface area contributed by atoms with Gasteiger partial charge in [-0.1, -0.05) is 18.1 Å². The number of aliphatic hydroxyl groups excluding tert-OH is 1. The topological polar surface area (TPSA) is 87.4 Å². The molecule has 2 atom stereocenters. The summed E-state index contributed by atoms with van der Waals surface area (Å²) in [6, 6.07) is 3.29. The molecular formula is C15H21N3O3S. The molecule has 2 aromatic rings. The maximum Gasteiger partial charge on any atom is 0.319 e. The summed E-state index contributed by atoms with van der Waals surface area (Å²) in [4.78, 5) is 12.9. The van der Waals surface area contributed by atoms with Gasteiger partial charge in [0.15, 0.2) is 5.76 Å². The molecule has 0 saturated carbocycles. The lowest BCUT2D eigenvalue weighted by atomic mass is 10.1. The number of rotatable bonds is 6. The maximum absolute atomic E-state index is 12.0. The first-order chi connectivity index (χ1) is 10.5. The lowest BCUT2D eigenvalue weighted by molar-refractivity contribution is 0.158. The average Bonchev–Trinajstić information content (AvgIpc) is 3.09. The fourth-order valence-electron chi connectivity index (χ4n) is 2.18. The minimum atomic E-state index is -0.571. The highest BCUT2D eigenvalue weighted by atomic mass is 32.1. The van der Waals surface area contributed by atoms with Gasteiger partial charge in [0, 0.05) is 10.9 Å². The molecule has 0 fully saturated rings. The highest BCUT2D eigenvalue weighted by Gasteiger charge is 2.18. The predicted octanol–water partition coefficient (Wildman–Crippen LogP) is 3.24. The van der Waals surface area contributed by atoms with Crippen LogP contribution in [0.4, 0.5) is 10.5 Å². The third kappa shape index (κ3) is 4.08. The summed E-state index contributed by atoms with van der Waals surface area (Å²) in [5, 5.41) is 21.5. The minimum Gasteiger partial charge on any atom is -0.387 e. The summed E-state index contributed by atoms with van der Waals surface area (Å²) in [5.74, 6) is 0.582. The van der Waals surface area contributed by atoms with Crippen molar-refractivity contribution in [1.29, 1.82) is 0 Å². The quantitative estimate of drug-likeness (QED) is 0.761. The molecule has 0 saturated heterocycles. The second-order valence-electron chi connectivity index (χ2n) is 5.18. The van der Waals surface area contributed by atoms with Crippen LogP contribution in [-0.4, -0.2) is 22.3 Å². The zero-order valence-electron chi connectivity index (χ0n) is 12.9. The van der Waals surface area contributed by atoms with E-state index in [-0.39, 0.29) is 12.1 Å². The number of aliphatic hydroxyl groups is 1. The zero-order chi connectivity index (χ0) is 16.1. The molecule has 0 aromatic carbocycles. The molecule has 2 aromatic heterocycles. The van der Waals surface area contributed by atoms with Crippen molar-refractivity contribution in [3.8, 4) is 0 Å². The van der Waals surface area contributed by atoms with Crippen LogP contribution in [0.25, 0.3) is 0 Å². The van der Waals surface area contributed by atoms with Crippen LogP contribution < -0.4 is 10.6 Å². The van der Waals surface area contributed by atoms with Gasteiger partial charge in [-0.05, 0) is 38.1 Å². The van der Waals surface area contributed by atoms with Gasteiger partial charge in [0.05, 0.1) is 6.10 Å². The van der Waals surface area contributed by atoms with Gasteiger partial charge in [0.1, 0.15) is 11.4 Å². The second-order valence-corrected chi connectivity index (χ2v) is 6.16. The van der Waals surface area contributed by atoms with Crippen molar-refractivity contribution >= 4 is 23.1 Å². The molecule has 120 valence electrons.